The highest BCUT2D eigenvalue weighted by atomic mass is 16.6. The molecule has 1 aliphatic rings. The highest BCUT2D eigenvalue weighted by molar-refractivity contribution is 5.77. The van der Waals surface area contributed by atoms with Crippen molar-refractivity contribution in [3.8, 4) is 0 Å². The first kappa shape index (κ1) is 17.8. The summed E-state index contributed by atoms with van der Waals surface area (Å²) in [4.78, 5) is 25.4. The predicted octanol–water partition coefficient (Wildman–Crippen LogP) is 1.95. The number of nitrogens with zero attached hydrogens (tertiary/aromatic N) is 1. The summed E-state index contributed by atoms with van der Waals surface area (Å²) in [6.45, 7) is 9.88. The number of hydrogen-bond acceptors (Lipinski definition) is 5. The Morgan fingerprint density at radius 1 is 1.33 bits per heavy atom. The molecule has 2 atom stereocenters. The third kappa shape index (κ3) is 4.88. The third-order valence-electron chi connectivity index (χ3n) is 3.55. The average Bonchev–Trinajstić information content (AvgIpc) is 2.34. The Balaban J connectivity index is 2.94. The lowest BCUT2D eigenvalue weighted by Gasteiger charge is -2.44. The zero-order valence-electron chi connectivity index (χ0n) is 13.8. The topological polar surface area (TPSA) is 76.1 Å². The Morgan fingerprint density at radius 2 is 1.90 bits per heavy atom. The van der Waals surface area contributed by atoms with Crippen molar-refractivity contribution in [2.24, 2.45) is 5.41 Å². The molecule has 0 aromatic heterocycles. The van der Waals surface area contributed by atoms with Crippen LogP contribution in [-0.4, -0.2) is 53.5 Å². The van der Waals surface area contributed by atoms with E-state index in [0.717, 1.165) is 6.42 Å². The van der Waals surface area contributed by atoms with Crippen molar-refractivity contribution < 1.29 is 24.2 Å². The van der Waals surface area contributed by atoms with E-state index in [4.69, 9.17) is 4.74 Å². The van der Waals surface area contributed by atoms with Crippen molar-refractivity contribution in [3.63, 3.8) is 0 Å². The van der Waals surface area contributed by atoms with E-state index in [0.29, 0.717) is 13.0 Å². The maximum absolute atomic E-state index is 12.4. The summed E-state index contributed by atoms with van der Waals surface area (Å²) >= 11 is 0. The van der Waals surface area contributed by atoms with Gasteiger partial charge in [-0.25, -0.2) is 9.59 Å². The molecule has 0 aromatic carbocycles. The molecular formula is C15H27NO5. The summed E-state index contributed by atoms with van der Waals surface area (Å²) in [6, 6.07) is -0.611. The summed E-state index contributed by atoms with van der Waals surface area (Å²) in [7, 11) is 1.22. The van der Waals surface area contributed by atoms with E-state index < -0.39 is 29.8 Å². The molecule has 21 heavy (non-hydrogen) atoms. The molecule has 1 heterocycles. The van der Waals surface area contributed by atoms with Crippen LogP contribution in [0.4, 0.5) is 4.79 Å². The number of piperidine rings is 1. The van der Waals surface area contributed by atoms with Gasteiger partial charge in [0, 0.05) is 6.54 Å². The fourth-order valence-corrected chi connectivity index (χ4v) is 2.48. The highest BCUT2D eigenvalue weighted by Crippen LogP contribution is 2.34. The molecule has 6 nitrogen and oxygen atoms in total. The second-order valence-corrected chi connectivity index (χ2v) is 7.35. The minimum atomic E-state index is -1.35. The third-order valence-corrected chi connectivity index (χ3v) is 3.55. The molecule has 0 bridgehead atoms. The monoisotopic (exact) mass is 301 g/mol. The highest BCUT2D eigenvalue weighted by Gasteiger charge is 2.43. The van der Waals surface area contributed by atoms with Gasteiger partial charge in [0.05, 0.1) is 13.2 Å². The van der Waals surface area contributed by atoms with Crippen LogP contribution in [0.15, 0.2) is 0 Å². The Labute approximate surface area is 126 Å². The lowest BCUT2D eigenvalue weighted by Crippen LogP contribution is -2.57. The first-order valence-electron chi connectivity index (χ1n) is 7.22. The van der Waals surface area contributed by atoms with Crippen LogP contribution in [0.25, 0.3) is 0 Å². The standard InChI is InChI=1S/C15H27NO5/c1-14(2,3)21-13(19)16-9-15(4,5)8-7-10(16)11(17)12(18)20-6/h10-11,17H,7-9H2,1-6H3. The number of carbonyl (C=O) groups is 2. The summed E-state index contributed by atoms with van der Waals surface area (Å²) in [5, 5.41) is 10.1. The quantitative estimate of drug-likeness (QED) is 0.789. The van der Waals surface area contributed by atoms with Crippen LogP contribution in [0.5, 0.6) is 0 Å². The number of rotatable bonds is 2. The van der Waals surface area contributed by atoms with Gasteiger partial charge in [0.2, 0.25) is 0 Å². The average molecular weight is 301 g/mol. The SMILES string of the molecule is COC(=O)C(O)C1CCC(C)(C)CN1C(=O)OC(C)(C)C. The number of hydrogen-bond donors (Lipinski definition) is 1. The van der Waals surface area contributed by atoms with Crippen molar-refractivity contribution in [1.82, 2.24) is 4.90 Å². The maximum atomic E-state index is 12.4. The van der Waals surface area contributed by atoms with Crippen molar-refractivity contribution in [2.45, 2.75) is 65.2 Å². The van der Waals surface area contributed by atoms with Gasteiger partial charge in [-0.05, 0) is 39.0 Å². The smallest absolute Gasteiger partial charge is 0.410 e. The van der Waals surface area contributed by atoms with E-state index in [-0.39, 0.29) is 5.41 Å². The fraction of sp³-hybridized carbons (Fsp3) is 0.867. The minimum Gasteiger partial charge on any atom is -0.467 e. The van der Waals surface area contributed by atoms with E-state index in [1.807, 2.05) is 13.8 Å². The molecule has 1 aliphatic heterocycles. The number of amides is 1. The molecule has 6 heteroatoms. The van der Waals surface area contributed by atoms with Crippen molar-refractivity contribution in [1.29, 1.82) is 0 Å². The van der Waals surface area contributed by atoms with Gasteiger partial charge < -0.3 is 19.5 Å². The van der Waals surface area contributed by atoms with Crippen LogP contribution in [0, 0.1) is 5.41 Å². The molecule has 0 aromatic rings. The van der Waals surface area contributed by atoms with Gasteiger partial charge in [-0.1, -0.05) is 13.8 Å². The van der Waals surface area contributed by atoms with Crippen molar-refractivity contribution in [2.75, 3.05) is 13.7 Å². The van der Waals surface area contributed by atoms with Crippen LogP contribution in [0.1, 0.15) is 47.5 Å². The fourth-order valence-electron chi connectivity index (χ4n) is 2.48. The number of aliphatic hydroxyl groups excluding tert-OH is 1. The van der Waals surface area contributed by atoms with Gasteiger partial charge >= 0.3 is 12.1 Å². The second-order valence-electron chi connectivity index (χ2n) is 7.35. The van der Waals surface area contributed by atoms with Crippen molar-refractivity contribution in [3.05, 3.63) is 0 Å². The van der Waals surface area contributed by atoms with Crippen molar-refractivity contribution >= 4 is 12.1 Å². The lowest BCUT2D eigenvalue weighted by atomic mass is 9.80. The molecule has 2 unspecified atom stereocenters. The molecule has 0 radical (unpaired) electrons. The summed E-state index contributed by atoms with van der Waals surface area (Å²) in [6.07, 6.45) is -0.519. The molecule has 1 fully saturated rings. The number of likely N-dealkylation sites (tertiary alicyclic amines) is 1. The summed E-state index contributed by atoms with van der Waals surface area (Å²) < 4.78 is 9.97. The molecule has 122 valence electrons. The number of ether oxygens (including phenoxy) is 2. The second kappa shape index (κ2) is 6.22. The molecule has 0 saturated carbocycles. The van der Waals surface area contributed by atoms with Crippen LogP contribution >= 0.6 is 0 Å². The molecule has 1 saturated heterocycles. The molecule has 1 amide bonds. The van der Waals surface area contributed by atoms with Gasteiger partial charge in [-0.2, -0.15) is 0 Å². The van der Waals surface area contributed by atoms with Gasteiger partial charge in [0.25, 0.3) is 0 Å². The van der Waals surface area contributed by atoms with Gasteiger partial charge in [0.15, 0.2) is 6.10 Å². The van der Waals surface area contributed by atoms with Gasteiger partial charge in [0.1, 0.15) is 5.60 Å². The Kier molecular flexibility index (Phi) is 5.25. The van der Waals surface area contributed by atoms with Crippen LogP contribution in [-0.2, 0) is 14.3 Å². The predicted molar refractivity (Wildman–Crippen MR) is 77.8 cm³/mol. The van der Waals surface area contributed by atoms with Gasteiger partial charge in [-0.15, -0.1) is 0 Å². The van der Waals surface area contributed by atoms with E-state index in [2.05, 4.69) is 4.74 Å². The van der Waals surface area contributed by atoms with E-state index in [9.17, 15) is 14.7 Å². The minimum absolute atomic E-state index is 0.0801. The molecule has 0 spiro atoms. The van der Waals surface area contributed by atoms with Crippen LogP contribution in [0.3, 0.4) is 0 Å². The molecule has 0 aliphatic carbocycles. The number of carbonyl (C=O) groups excluding carboxylic acids is 2. The Morgan fingerprint density at radius 3 is 2.38 bits per heavy atom. The molecular weight excluding hydrogens is 274 g/mol. The number of methoxy groups -OCH3 is 1. The van der Waals surface area contributed by atoms with E-state index in [1.165, 1.54) is 12.0 Å². The normalized spacial score (nSPS) is 23.4. The van der Waals surface area contributed by atoms with Crippen LogP contribution < -0.4 is 0 Å². The van der Waals surface area contributed by atoms with E-state index in [1.54, 1.807) is 20.8 Å². The first-order valence-corrected chi connectivity index (χ1v) is 7.22. The number of aliphatic hydroxyl groups is 1. The Hall–Kier alpha value is -1.30. The molecule has 1 N–H and O–H groups in total. The first-order chi connectivity index (χ1) is 9.47. The largest absolute Gasteiger partial charge is 0.467 e. The van der Waals surface area contributed by atoms with Gasteiger partial charge in [-0.3, -0.25) is 0 Å². The van der Waals surface area contributed by atoms with Crippen LogP contribution in [0.2, 0.25) is 0 Å². The molecule has 1 rings (SSSR count). The summed E-state index contributed by atoms with van der Waals surface area (Å²) in [5.41, 5.74) is -0.706. The summed E-state index contributed by atoms with van der Waals surface area (Å²) in [5.74, 6) is -0.728. The lowest BCUT2D eigenvalue weighted by molar-refractivity contribution is -0.155. The number of esters is 1. The zero-order chi connectivity index (χ0) is 16.4. The zero-order valence-corrected chi connectivity index (χ0v) is 13.8. The van der Waals surface area contributed by atoms with E-state index >= 15 is 0 Å². The maximum Gasteiger partial charge on any atom is 0.410 e. The Bertz CT molecular complexity index is 399.